The fraction of sp³-hybridized carbons (Fsp3) is 0.333. The molecule has 1 aromatic carbocycles. The smallest absolute Gasteiger partial charge is 0.229 e. The largest absolute Gasteiger partial charge is 0.547 e. The van der Waals surface area contributed by atoms with Crippen LogP contribution in [0.3, 0.4) is 0 Å². The van der Waals surface area contributed by atoms with Crippen molar-refractivity contribution in [1.82, 2.24) is 0 Å². The van der Waals surface area contributed by atoms with Crippen molar-refractivity contribution in [2.75, 3.05) is 0 Å². The molecule has 0 aromatic heterocycles. The summed E-state index contributed by atoms with van der Waals surface area (Å²) in [7, 11) is -0.955. The van der Waals surface area contributed by atoms with Crippen LogP contribution in [-0.2, 0) is 5.88 Å². The minimum absolute atomic E-state index is 0.569. The van der Waals surface area contributed by atoms with Gasteiger partial charge in [-0.25, -0.2) is 0 Å². The monoisotopic (exact) mass is 200 g/mol. The number of benzene rings is 1. The summed E-state index contributed by atoms with van der Waals surface area (Å²) < 4.78 is 5.61. The molecule has 0 saturated heterocycles. The van der Waals surface area contributed by atoms with Crippen LogP contribution < -0.4 is 4.43 Å². The molecule has 0 aliphatic rings. The predicted octanol–water partition coefficient (Wildman–Crippen LogP) is 2.79. The summed E-state index contributed by atoms with van der Waals surface area (Å²) in [6.45, 7) is 4.30. The third kappa shape index (κ3) is 2.87. The highest BCUT2D eigenvalue weighted by molar-refractivity contribution is 6.49. The van der Waals surface area contributed by atoms with E-state index in [2.05, 4.69) is 13.1 Å². The molecule has 0 fully saturated rings. The molecule has 0 N–H and O–H groups in total. The fourth-order valence-corrected chi connectivity index (χ4v) is 1.81. The Bertz CT molecular complexity index is 233. The summed E-state index contributed by atoms with van der Waals surface area (Å²) in [5.74, 6) is 1.53. The van der Waals surface area contributed by atoms with Crippen LogP contribution >= 0.6 is 11.6 Å². The number of hydrogen-bond acceptors (Lipinski definition) is 1. The highest BCUT2D eigenvalue weighted by atomic mass is 35.5. The van der Waals surface area contributed by atoms with Gasteiger partial charge in [0.15, 0.2) is 0 Å². The van der Waals surface area contributed by atoms with E-state index < -0.39 is 9.04 Å². The first-order valence-electron chi connectivity index (χ1n) is 4.04. The molecule has 0 bridgehead atoms. The van der Waals surface area contributed by atoms with Gasteiger partial charge in [0.2, 0.25) is 9.04 Å². The van der Waals surface area contributed by atoms with Crippen LogP contribution in [0.1, 0.15) is 5.56 Å². The van der Waals surface area contributed by atoms with Crippen molar-refractivity contribution < 1.29 is 4.43 Å². The Hall–Kier alpha value is -0.473. The molecule has 0 atom stereocenters. The molecule has 66 valence electrons. The second-order valence-electron chi connectivity index (χ2n) is 2.94. The molecule has 1 aromatic rings. The van der Waals surface area contributed by atoms with Crippen LogP contribution in [0.15, 0.2) is 24.3 Å². The molecule has 3 heteroatoms. The van der Waals surface area contributed by atoms with E-state index in [1.807, 2.05) is 24.3 Å². The molecule has 12 heavy (non-hydrogen) atoms. The average molecular weight is 201 g/mol. The van der Waals surface area contributed by atoms with Gasteiger partial charge in [-0.05, 0) is 30.8 Å². The lowest BCUT2D eigenvalue weighted by atomic mass is 10.2. The average Bonchev–Trinajstić information content (AvgIpc) is 2.05. The van der Waals surface area contributed by atoms with Crippen LogP contribution in [0.2, 0.25) is 13.1 Å². The summed E-state index contributed by atoms with van der Waals surface area (Å²) in [6, 6.07) is 7.95. The lowest BCUT2D eigenvalue weighted by molar-refractivity contribution is 0.580. The van der Waals surface area contributed by atoms with E-state index in [0.29, 0.717) is 5.88 Å². The zero-order valence-corrected chi connectivity index (χ0v) is 9.29. The van der Waals surface area contributed by atoms with Gasteiger partial charge < -0.3 is 4.43 Å². The first-order valence-corrected chi connectivity index (χ1v) is 7.35. The lowest BCUT2D eigenvalue weighted by Crippen LogP contribution is -2.10. The zero-order valence-electron chi connectivity index (χ0n) is 7.38. The van der Waals surface area contributed by atoms with Gasteiger partial charge >= 0.3 is 0 Å². The standard InChI is InChI=1S/C9H13ClOSi/c1-12(2)11-9-5-3-8(7-10)4-6-9/h3-6,12H,7H2,1-2H3. The normalized spacial score (nSPS) is 10.3. The van der Waals surface area contributed by atoms with Crippen molar-refractivity contribution in [1.29, 1.82) is 0 Å². The Labute approximate surface area is 80.0 Å². The summed E-state index contributed by atoms with van der Waals surface area (Å²) in [5.41, 5.74) is 1.13. The van der Waals surface area contributed by atoms with Gasteiger partial charge in [0.1, 0.15) is 5.75 Å². The minimum Gasteiger partial charge on any atom is -0.547 e. The zero-order chi connectivity index (χ0) is 8.97. The van der Waals surface area contributed by atoms with Crippen LogP contribution in [0, 0.1) is 0 Å². The molecule has 0 amide bonds. The molecule has 0 aliphatic heterocycles. The summed E-state index contributed by atoms with van der Waals surface area (Å²) in [6.07, 6.45) is 0. The van der Waals surface area contributed by atoms with Gasteiger partial charge in [-0.2, -0.15) is 0 Å². The highest BCUT2D eigenvalue weighted by Gasteiger charge is 1.98. The molecule has 0 aliphatic carbocycles. The molecule has 0 heterocycles. The molecule has 0 saturated carbocycles. The Morgan fingerprint density at radius 2 is 1.83 bits per heavy atom. The number of hydrogen-bond donors (Lipinski definition) is 0. The summed E-state index contributed by atoms with van der Waals surface area (Å²) >= 11 is 5.65. The van der Waals surface area contributed by atoms with Gasteiger partial charge in [0.25, 0.3) is 0 Å². The predicted molar refractivity (Wildman–Crippen MR) is 55.5 cm³/mol. The van der Waals surface area contributed by atoms with Crippen molar-refractivity contribution in [2.24, 2.45) is 0 Å². The second kappa shape index (κ2) is 4.53. The van der Waals surface area contributed by atoms with Crippen LogP contribution in [0.5, 0.6) is 5.75 Å². The molecular weight excluding hydrogens is 188 g/mol. The van der Waals surface area contributed by atoms with Gasteiger partial charge in [-0.3, -0.25) is 0 Å². The third-order valence-electron chi connectivity index (χ3n) is 1.45. The topological polar surface area (TPSA) is 9.23 Å². The van der Waals surface area contributed by atoms with E-state index in [4.69, 9.17) is 16.0 Å². The third-order valence-corrected chi connectivity index (χ3v) is 2.50. The van der Waals surface area contributed by atoms with E-state index in [0.717, 1.165) is 11.3 Å². The highest BCUT2D eigenvalue weighted by Crippen LogP contribution is 2.13. The number of rotatable bonds is 3. The van der Waals surface area contributed by atoms with Crippen molar-refractivity contribution in [3.8, 4) is 5.75 Å². The van der Waals surface area contributed by atoms with E-state index in [-0.39, 0.29) is 0 Å². The summed E-state index contributed by atoms with van der Waals surface area (Å²) in [4.78, 5) is 0. The molecular formula is C9H13ClOSi. The van der Waals surface area contributed by atoms with Crippen molar-refractivity contribution in [3.63, 3.8) is 0 Å². The fourth-order valence-electron chi connectivity index (χ4n) is 0.929. The SMILES string of the molecule is C[SiH](C)Oc1ccc(CCl)cc1. The molecule has 1 nitrogen and oxygen atoms in total. The summed E-state index contributed by atoms with van der Waals surface area (Å²) in [5, 5.41) is 0. The van der Waals surface area contributed by atoms with Gasteiger partial charge in [0, 0.05) is 5.88 Å². The maximum Gasteiger partial charge on any atom is 0.229 e. The Kier molecular flexibility index (Phi) is 3.63. The van der Waals surface area contributed by atoms with Crippen LogP contribution in [0.4, 0.5) is 0 Å². The van der Waals surface area contributed by atoms with Gasteiger partial charge in [0.05, 0.1) is 0 Å². The molecule has 1 rings (SSSR count). The Morgan fingerprint density at radius 1 is 1.25 bits per heavy atom. The Morgan fingerprint density at radius 3 is 2.25 bits per heavy atom. The van der Waals surface area contributed by atoms with E-state index >= 15 is 0 Å². The first-order chi connectivity index (χ1) is 5.72. The van der Waals surface area contributed by atoms with Crippen LogP contribution in [0.25, 0.3) is 0 Å². The van der Waals surface area contributed by atoms with E-state index in [1.165, 1.54) is 0 Å². The van der Waals surface area contributed by atoms with Crippen molar-refractivity contribution >= 4 is 20.6 Å². The number of alkyl halides is 1. The van der Waals surface area contributed by atoms with Gasteiger partial charge in [-0.15, -0.1) is 11.6 Å². The van der Waals surface area contributed by atoms with E-state index in [9.17, 15) is 0 Å². The van der Waals surface area contributed by atoms with Gasteiger partial charge in [-0.1, -0.05) is 12.1 Å². The van der Waals surface area contributed by atoms with E-state index in [1.54, 1.807) is 0 Å². The number of halogens is 1. The van der Waals surface area contributed by atoms with Crippen LogP contribution in [-0.4, -0.2) is 9.04 Å². The first kappa shape index (κ1) is 9.61. The van der Waals surface area contributed by atoms with Crippen molar-refractivity contribution in [3.05, 3.63) is 29.8 Å². The molecule has 0 unspecified atom stereocenters. The minimum atomic E-state index is -0.955. The second-order valence-corrected chi connectivity index (χ2v) is 5.54. The van der Waals surface area contributed by atoms with Crippen molar-refractivity contribution in [2.45, 2.75) is 19.0 Å². The Balaban J connectivity index is 2.65. The maximum atomic E-state index is 5.65. The maximum absolute atomic E-state index is 5.65. The molecule has 0 spiro atoms. The quantitative estimate of drug-likeness (QED) is 0.539. The lowest BCUT2D eigenvalue weighted by Gasteiger charge is -2.08. The molecule has 0 radical (unpaired) electrons.